The van der Waals surface area contributed by atoms with Gasteiger partial charge in [0.25, 0.3) is 0 Å². The number of benzene rings is 4. The Morgan fingerprint density at radius 2 is 1.28 bits per heavy atom. The van der Waals surface area contributed by atoms with Crippen LogP contribution in [0.4, 0.5) is 0 Å². The first-order valence-electron chi connectivity index (χ1n) is 11.8. The summed E-state index contributed by atoms with van der Waals surface area (Å²) in [5.74, 6) is 1.26. The van der Waals surface area contributed by atoms with Gasteiger partial charge in [-0.3, -0.25) is 0 Å². The standard InChI is InChI=1S/C24H16N2O.C8H7N/c1-3-9-17(10-4-1)20-16-25-24(26-23(20)18-11-5-2-6-12-18)22-15-19-13-7-8-14-21(19)27-22;1-2-4-8-7(3-1)5-6-9-8/h1-16H;1-6,9H. The van der Waals surface area contributed by atoms with E-state index in [1.54, 1.807) is 0 Å². The van der Waals surface area contributed by atoms with Crippen LogP contribution in [0.25, 0.3) is 55.8 Å². The Labute approximate surface area is 208 Å². The highest BCUT2D eigenvalue weighted by Crippen LogP contribution is 2.33. The highest BCUT2D eigenvalue weighted by molar-refractivity contribution is 5.84. The molecule has 0 saturated carbocycles. The van der Waals surface area contributed by atoms with Crippen LogP contribution in [-0.2, 0) is 0 Å². The predicted octanol–water partition coefficient (Wildman–Crippen LogP) is 8.39. The van der Waals surface area contributed by atoms with Crippen LogP contribution in [0.2, 0.25) is 0 Å². The summed E-state index contributed by atoms with van der Waals surface area (Å²) in [7, 11) is 0. The summed E-state index contributed by atoms with van der Waals surface area (Å²) >= 11 is 0. The summed E-state index contributed by atoms with van der Waals surface area (Å²) < 4.78 is 5.97. The molecule has 0 aliphatic carbocycles. The van der Waals surface area contributed by atoms with Crippen molar-refractivity contribution in [2.24, 2.45) is 0 Å². The number of nitrogens with zero attached hydrogens (tertiary/aromatic N) is 2. The summed E-state index contributed by atoms with van der Waals surface area (Å²) in [5.41, 5.74) is 6.08. The number of rotatable bonds is 3. The Kier molecular flexibility index (Phi) is 5.83. The fraction of sp³-hybridized carbons (Fsp3) is 0. The first-order chi connectivity index (χ1) is 17.8. The number of aromatic nitrogens is 3. The van der Waals surface area contributed by atoms with Gasteiger partial charge >= 0.3 is 0 Å². The Morgan fingerprint density at radius 1 is 0.611 bits per heavy atom. The minimum absolute atomic E-state index is 0.588. The lowest BCUT2D eigenvalue weighted by molar-refractivity contribution is 0.625. The molecule has 0 spiro atoms. The first-order valence-corrected chi connectivity index (χ1v) is 11.8. The Bertz CT molecular complexity index is 1670. The van der Waals surface area contributed by atoms with E-state index in [0.717, 1.165) is 33.4 Å². The van der Waals surface area contributed by atoms with Gasteiger partial charge in [-0.05, 0) is 35.2 Å². The second-order valence-corrected chi connectivity index (χ2v) is 8.40. The molecule has 0 aliphatic rings. The van der Waals surface area contributed by atoms with E-state index in [9.17, 15) is 0 Å². The van der Waals surface area contributed by atoms with E-state index >= 15 is 0 Å². The third-order valence-electron chi connectivity index (χ3n) is 6.03. The molecule has 4 nitrogen and oxygen atoms in total. The zero-order valence-electron chi connectivity index (χ0n) is 19.5. The molecule has 4 heteroatoms. The average Bonchev–Trinajstić information content (AvgIpc) is 3.61. The van der Waals surface area contributed by atoms with Gasteiger partial charge in [0, 0.05) is 34.4 Å². The fourth-order valence-corrected chi connectivity index (χ4v) is 4.23. The number of para-hydroxylation sites is 2. The molecule has 7 rings (SSSR count). The van der Waals surface area contributed by atoms with Gasteiger partial charge in [-0.25, -0.2) is 9.97 Å². The highest BCUT2D eigenvalue weighted by Gasteiger charge is 2.15. The Morgan fingerprint density at radius 3 is 2.03 bits per heavy atom. The third kappa shape index (κ3) is 4.40. The number of aromatic amines is 1. The third-order valence-corrected chi connectivity index (χ3v) is 6.03. The second-order valence-electron chi connectivity index (χ2n) is 8.40. The van der Waals surface area contributed by atoms with E-state index in [1.807, 2.05) is 91.3 Å². The van der Waals surface area contributed by atoms with Crippen LogP contribution in [0.5, 0.6) is 0 Å². The number of H-pyrrole nitrogens is 1. The normalized spacial score (nSPS) is 10.8. The van der Waals surface area contributed by atoms with Crippen molar-refractivity contribution in [1.82, 2.24) is 15.0 Å². The fourth-order valence-electron chi connectivity index (χ4n) is 4.23. The smallest absolute Gasteiger partial charge is 0.196 e. The lowest BCUT2D eigenvalue weighted by Crippen LogP contribution is -1.95. The summed E-state index contributed by atoms with van der Waals surface area (Å²) in [4.78, 5) is 12.6. The van der Waals surface area contributed by atoms with Crippen molar-refractivity contribution >= 4 is 21.9 Å². The number of fused-ring (bicyclic) bond motifs is 2. The van der Waals surface area contributed by atoms with Crippen LogP contribution in [0.1, 0.15) is 0 Å². The van der Waals surface area contributed by atoms with Crippen molar-refractivity contribution in [2.75, 3.05) is 0 Å². The van der Waals surface area contributed by atoms with Crippen molar-refractivity contribution in [3.63, 3.8) is 0 Å². The molecule has 0 aliphatic heterocycles. The van der Waals surface area contributed by atoms with Gasteiger partial charge in [0.15, 0.2) is 11.6 Å². The monoisotopic (exact) mass is 465 g/mol. The zero-order valence-corrected chi connectivity index (χ0v) is 19.5. The van der Waals surface area contributed by atoms with Gasteiger partial charge < -0.3 is 9.40 Å². The van der Waals surface area contributed by atoms with Gasteiger partial charge in [-0.15, -0.1) is 0 Å². The van der Waals surface area contributed by atoms with Crippen molar-refractivity contribution in [1.29, 1.82) is 0 Å². The molecule has 1 N–H and O–H groups in total. The molecule has 7 aromatic rings. The molecule has 3 heterocycles. The summed E-state index contributed by atoms with van der Waals surface area (Å²) in [6, 6.07) is 40.6. The van der Waals surface area contributed by atoms with Crippen molar-refractivity contribution in [3.05, 3.63) is 134 Å². The lowest BCUT2D eigenvalue weighted by Gasteiger charge is -2.10. The van der Waals surface area contributed by atoms with Gasteiger partial charge in [-0.2, -0.15) is 0 Å². The van der Waals surface area contributed by atoms with E-state index < -0.39 is 0 Å². The molecule has 0 saturated heterocycles. The van der Waals surface area contributed by atoms with Gasteiger partial charge in [0.05, 0.1) is 5.69 Å². The van der Waals surface area contributed by atoms with Crippen LogP contribution in [0, 0.1) is 0 Å². The maximum atomic E-state index is 5.97. The molecule has 0 bridgehead atoms. The minimum Gasteiger partial charge on any atom is -0.453 e. The second kappa shape index (κ2) is 9.72. The topological polar surface area (TPSA) is 54.7 Å². The molecule has 4 aromatic carbocycles. The van der Waals surface area contributed by atoms with E-state index in [1.165, 1.54) is 10.9 Å². The molecular formula is C32H23N3O. The lowest BCUT2D eigenvalue weighted by atomic mass is 10.0. The Balaban J connectivity index is 0.000000223. The Hall–Kier alpha value is -4.96. The number of furan rings is 1. The van der Waals surface area contributed by atoms with Crippen LogP contribution < -0.4 is 0 Å². The highest BCUT2D eigenvalue weighted by atomic mass is 16.3. The molecular weight excluding hydrogens is 442 g/mol. The van der Waals surface area contributed by atoms with E-state index in [-0.39, 0.29) is 0 Å². The van der Waals surface area contributed by atoms with Crippen LogP contribution >= 0.6 is 0 Å². The van der Waals surface area contributed by atoms with E-state index in [4.69, 9.17) is 9.40 Å². The number of nitrogens with one attached hydrogen (secondary N) is 1. The van der Waals surface area contributed by atoms with Crippen LogP contribution in [-0.4, -0.2) is 15.0 Å². The van der Waals surface area contributed by atoms with Crippen LogP contribution in [0.15, 0.2) is 138 Å². The van der Waals surface area contributed by atoms with Crippen molar-refractivity contribution in [3.8, 4) is 34.0 Å². The molecule has 0 unspecified atom stereocenters. The summed E-state index contributed by atoms with van der Waals surface area (Å²) in [6.45, 7) is 0. The largest absolute Gasteiger partial charge is 0.453 e. The maximum Gasteiger partial charge on any atom is 0.196 e. The average molecular weight is 466 g/mol. The molecule has 0 fully saturated rings. The first kappa shape index (κ1) is 21.6. The number of hydrogen-bond acceptors (Lipinski definition) is 3. The molecule has 0 amide bonds. The molecule has 0 atom stereocenters. The quantitative estimate of drug-likeness (QED) is 0.285. The summed E-state index contributed by atoms with van der Waals surface area (Å²) in [5, 5.41) is 2.32. The summed E-state index contributed by atoms with van der Waals surface area (Å²) in [6.07, 6.45) is 3.83. The molecule has 36 heavy (non-hydrogen) atoms. The van der Waals surface area contributed by atoms with E-state index in [2.05, 4.69) is 52.4 Å². The van der Waals surface area contributed by atoms with Crippen molar-refractivity contribution < 1.29 is 4.42 Å². The maximum absolute atomic E-state index is 5.97. The zero-order chi connectivity index (χ0) is 24.2. The minimum atomic E-state index is 0.588. The van der Waals surface area contributed by atoms with Gasteiger partial charge in [0.2, 0.25) is 0 Å². The predicted molar refractivity (Wildman–Crippen MR) is 146 cm³/mol. The molecule has 172 valence electrons. The van der Waals surface area contributed by atoms with Gasteiger partial charge in [-0.1, -0.05) is 97.1 Å². The number of hydrogen-bond donors (Lipinski definition) is 1. The van der Waals surface area contributed by atoms with Gasteiger partial charge in [0.1, 0.15) is 5.58 Å². The van der Waals surface area contributed by atoms with Crippen molar-refractivity contribution in [2.45, 2.75) is 0 Å². The molecule has 0 radical (unpaired) electrons. The SMILES string of the molecule is c1ccc(-c2cnc(-c3cc4ccccc4o3)nc2-c2ccccc2)cc1.c1ccc2[nH]ccc2c1. The van der Waals surface area contributed by atoms with Crippen LogP contribution in [0.3, 0.4) is 0 Å². The van der Waals surface area contributed by atoms with E-state index in [0.29, 0.717) is 11.6 Å². The molecule has 3 aromatic heterocycles.